The first-order valence-electron chi connectivity index (χ1n) is 19.9. The van der Waals surface area contributed by atoms with Gasteiger partial charge in [0.25, 0.3) is 0 Å². The zero-order valence-electron chi connectivity index (χ0n) is 30.4. The summed E-state index contributed by atoms with van der Waals surface area (Å²) in [6.45, 7) is 7.06. The molecule has 4 saturated heterocycles. The highest BCUT2D eigenvalue weighted by molar-refractivity contribution is 5.15. The Hall–Kier alpha value is -0.520. The number of ether oxygens (including phenoxy) is 6. The molecule has 0 radical (unpaired) electrons. The third-order valence-corrected chi connectivity index (χ3v) is 15.8. The van der Waals surface area contributed by atoms with Crippen molar-refractivity contribution in [2.45, 2.75) is 171 Å². The molecule has 0 aromatic heterocycles. The van der Waals surface area contributed by atoms with Gasteiger partial charge in [0.2, 0.25) is 0 Å². The summed E-state index contributed by atoms with van der Waals surface area (Å²) in [5.74, 6) is 3.09. The fourth-order valence-electron chi connectivity index (χ4n) is 13.1. The molecule has 0 bridgehead atoms. The van der Waals surface area contributed by atoms with Gasteiger partial charge in [0.15, 0.2) is 18.4 Å². The molecule has 4 saturated carbocycles. The van der Waals surface area contributed by atoms with Crippen molar-refractivity contribution in [3.63, 3.8) is 0 Å². The first-order chi connectivity index (χ1) is 24.3. The normalized spacial score (nSPS) is 58.5. The zero-order valence-corrected chi connectivity index (χ0v) is 30.4. The smallest absolute Gasteiger partial charge is 0.187 e. The van der Waals surface area contributed by atoms with Gasteiger partial charge in [-0.15, -0.1) is 0 Å². The Morgan fingerprint density at radius 3 is 2.12 bits per heavy atom. The minimum Gasteiger partial charge on any atom is -0.394 e. The van der Waals surface area contributed by atoms with Crippen molar-refractivity contribution < 1.29 is 64.2 Å². The predicted molar refractivity (Wildman–Crippen MR) is 178 cm³/mol. The van der Waals surface area contributed by atoms with Crippen molar-refractivity contribution >= 4 is 0 Å². The quantitative estimate of drug-likeness (QED) is 0.193. The van der Waals surface area contributed by atoms with Gasteiger partial charge in [-0.3, -0.25) is 0 Å². The van der Waals surface area contributed by atoms with E-state index in [1.54, 1.807) is 0 Å². The molecule has 4 aliphatic carbocycles. The largest absolute Gasteiger partial charge is 0.394 e. The van der Waals surface area contributed by atoms with Crippen molar-refractivity contribution in [2.24, 2.45) is 46.3 Å². The van der Waals surface area contributed by atoms with Crippen molar-refractivity contribution in [1.29, 1.82) is 0 Å². The van der Waals surface area contributed by atoms with Crippen LogP contribution in [0.4, 0.5) is 0 Å². The number of aliphatic hydroxyl groups excluding tert-OH is 7. The number of fused-ring (bicyclic) bond motifs is 7. The summed E-state index contributed by atoms with van der Waals surface area (Å²) >= 11 is 0. The van der Waals surface area contributed by atoms with Gasteiger partial charge >= 0.3 is 0 Å². The van der Waals surface area contributed by atoms with Crippen molar-refractivity contribution in [3.05, 3.63) is 0 Å². The summed E-state index contributed by atoms with van der Waals surface area (Å²) in [4.78, 5) is 0. The Morgan fingerprint density at radius 2 is 1.39 bits per heavy atom. The average molecular weight is 727 g/mol. The fourth-order valence-corrected chi connectivity index (χ4v) is 13.1. The van der Waals surface area contributed by atoms with E-state index in [1.807, 2.05) is 0 Å². The highest BCUT2D eigenvalue weighted by atomic mass is 16.7. The number of hydrogen-bond acceptors (Lipinski definition) is 13. The van der Waals surface area contributed by atoms with Gasteiger partial charge in [0.05, 0.1) is 32.0 Å². The molecule has 51 heavy (non-hydrogen) atoms. The molecule has 13 heteroatoms. The molecule has 8 fully saturated rings. The van der Waals surface area contributed by atoms with Crippen LogP contribution in [0, 0.1) is 46.3 Å². The van der Waals surface area contributed by atoms with Crippen LogP contribution in [0.3, 0.4) is 0 Å². The van der Waals surface area contributed by atoms with Crippen molar-refractivity contribution in [2.75, 3.05) is 19.8 Å². The van der Waals surface area contributed by atoms with E-state index in [-0.39, 0.29) is 22.7 Å². The minimum absolute atomic E-state index is 0.186. The molecule has 8 rings (SSSR count). The maximum Gasteiger partial charge on any atom is 0.187 e. The molecule has 8 aliphatic rings. The second-order valence-electron chi connectivity index (χ2n) is 18.1. The average Bonchev–Trinajstić information content (AvgIpc) is 3.57. The summed E-state index contributed by atoms with van der Waals surface area (Å²) < 4.78 is 36.9. The lowest BCUT2D eigenvalue weighted by Crippen LogP contribution is -2.65. The second-order valence-corrected chi connectivity index (χ2v) is 18.1. The van der Waals surface area contributed by atoms with Gasteiger partial charge in [-0.05, 0) is 105 Å². The molecule has 4 aliphatic heterocycles. The van der Waals surface area contributed by atoms with E-state index in [0.717, 1.165) is 51.6 Å². The summed E-state index contributed by atoms with van der Waals surface area (Å²) in [6.07, 6.45) is -2.46. The predicted octanol–water partition coefficient (Wildman–Crippen LogP) is 1.20. The van der Waals surface area contributed by atoms with Crippen LogP contribution in [0.15, 0.2) is 0 Å². The van der Waals surface area contributed by atoms with Gasteiger partial charge in [0, 0.05) is 12.3 Å². The molecule has 7 N–H and O–H groups in total. The third kappa shape index (κ3) is 5.90. The molecule has 0 aromatic carbocycles. The first-order valence-corrected chi connectivity index (χ1v) is 19.9. The van der Waals surface area contributed by atoms with Gasteiger partial charge < -0.3 is 64.2 Å². The van der Waals surface area contributed by atoms with Gasteiger partial charge in [0.1, 0.15) is 48.8 Å². The van der Waals surface area contributed by atoms with Gasteiger partial charge in [-0.1, -0.05) is 20.8 Å². The lowest BCUT2D eigenvalue weighted by atomic mass is 9.44. The van der Waals surface area contributed by atoms with Gasteiger partial charge in [-0.25, -0.2) is 0 Å². The Morgan fingerprint density at radius 1 is 0.686 bits per heavy atom. The van der Waals surface area contributed by atoms with Crippen molar-refractivity contribution in [1.82, 2.24) is 0 Å². The van der Waals surface area contributed by atoms with E-state index in [4.69, 9.17) is 28.4 Å². The summed E-state index contributed by atoms with van der Waals surface area (Å²) in [5, 5.41) is 72.7. The number of hydrogen-bond donors (Lipinski definition) is 7. The third-order valence-electron chi connectivity index (χ3n) is 15.8. The van der Waals surface area contributed by atoms with E-state index in [1.165, 1.54) is 25.7 Å². The molecule has 292 valence electrons. The molecular formula is C38H62O13. The van der Waals surface area contributed by atoms with E-state index in [9.17, 15) is 35.7 Å². The van der Waals surface area contributed by atoms with Crippen LogP contribution >= 0.6 is 0 Å². The molecule has 0 amide bonds. The van der Waals surface area contributed by atoms with Crippen LogP contribution in [0.1, 0.15) is 91.4 Å². The lowest BCUT2D eigenvalue weighted by Gasteiger charge is -2.61. The highest BCUT2D eigenvalue weighted by Crippen LogP contribution is 2.71. The molecule has 0 aromatic rings. The SMILES string of the molecule is C[C@H]1[C@@H]2[C@H](C[C@@H]3[C@@H]4CC[C@H]5C[C@H](O[C@@H]6O[C@H](CO)[C@H](O[C@@H]7O[C@H](CO)[C@@H](O)[C@H](O)[C@H]7O)[C@H](O)[C@H]6O)CC[C@]5(C)[C@@H]4CC[C@]23C)O[C@]12CCCCO2. The van der Waals surface area contributed by atoms with E-state index < -0.39 is 74.6 Å². The fraction of sp³-hybridized carbons (Fsp3) is 1.00. The maximum atomic E-state index is 11.1. The van der Waals surface area contributed by atoms with Crippen LogP contribution in [-0.4, -0.2) is 135 Å². The summed E-state index contributed by atoms with van der Waals surface area (Å²) in [6, 6.07) is 0. The minimum atomic E-state index is -1.71. The van der Waals surface area contributed by atoms with E-state index in [0.29, 0.717) is 41.6 Å². The van der Waals surface area contributed by atoms with Crippen LogP contribution in [0.5, 0.6) is 0 Å². The Labute approximate surface area is 300 Å². The standard InChI is InChI=1S/C38H62O13/c1-18-27-24(51-38(18)10-4-5-13-46-38)15-23-21-7-6-19-14-20(8-11-36(19,2)22(21)9-12-37(23,27)3)47-34-32(45)30(43)33(26(17-40)49-34)50-35-31(44)29(42)28(41)25(16-39)48-35/h18-35,39-45H,4-17H2,1-3H3/t18-,19-,20+,21+,22+,23+,24-,25+,26+,27+,28+,29-,30+,31+,32+,33-,34+,35-,36-,37-,38+/m0/s1. The maximum absolute atomic E-state index is 11.1. The molecule has 0 unspecified atom stereocenters. The number of rotatable bonds is 6. The molecule has 21 atom stereocenters. The first kappa shape index (κ1) is 37.4. The van der Waals surface area contributed by atoms with Crippen molar-refractivity contribution in [3.8, 4) is 0 Å². The summed E-state index contributed by atoms with van der Waals surface area (Å²) in [5.41, 5.74) is 0.480. The van der Waals surface area contributed by atoms with Crippen LogP contribution in [0.2, 0.25) is 0 Å². The monoisotopic (exact) mass is 726 g/mol. The van der Waals surface area contributed by atoms with E-state index in [2.05, 4.69) is 20.8 Å². The second kappa shape index (κ2) is 13.9. The molecule has 1 spiro atoms. The van der Waals surface area contributed by atoms with Crippen LogP contribution in [0.25, 0.3) is 0 Å². The molecule has 4 heterocycles. The van der Waals surface area contributed by atoms with Gasteiger partial charge in [-0.2, -0.15) is 0 Å². The molecule has 13 nitrogen and oxygen atoms in total. The topological polar surface area (TPSA) is 197 Å². The Kier molecular flexibility index (Phi) is 10.2. The zero-order chi connectivity index (χ0) is 36.0. The number of aliphatic hydroxyl groups is 7. The lowest BCUT2D eigenvalue weighted by molar-refractivity contribution is -0.364. The Bertz CT molecular complexity index is 1230. The van der Waals surface area contributed by atoms with Crippen LogP contribution in [-0.2, 0) is 28.4 Å². The Balaban J connectivity index is 0.895. The molecular weight excluding hydrogens is 664 g/mol. The summed E-state index contributed by atoms with van der Waals surface area (Å²) in [7, 11) is 0. The highest BCUT2D eigenvalue weighted by Gasteiger charge is 2.69. The van der Waals surface area contributed by atoms with Crippen LogP contribution < -0.4 is 0 Å². The van der Waals surface area contributed by atoms with E-state index >= 15 is 0 Å².